The number of ether oxygens (including phenoxy) is 2. The number of morpholine rings is 1. The average Bonchev–Trinajstić information content (AvgIpc) is 2.53. The van der Waals surface area contributed by atoms with Crippen LogP contribution in [0, 0.1) is 0 Å². The minimum atomic E-state index is -3.78. The van der Waals surface area contributed by atoms with Crippen LogP contribution in [-0.2, 0) is 14.3 Å². The molecule has 24 heavy (non-hydrogen) atoms. The Balaban J connectivity index is 2.22. The van der Waals surface area contributed by atoms with Crippen LogP contribution in [0.3, 0.4) is 0 Å². The van der Waals surface area contributed by atoms with Crippen LogP contribution in [0.1, 0.15) is 32.4 Å². The van der Waals surface area contributed by atoms with Gasteiger partial charge in [0.15, 0.2) is 0 Å². The highest BCUT2D eigenvalue weighted by atomic mass is 19.3. The molecule has 1 aliphatic heterocycles. The third-order valence-electron chi connectivity index (χ3n) is 3.96. The fraction of sp³-hybridized carbons (Fsp3) is 0.588. The number of esters is 1. The molecule has 0 amide bonds. The summed E-state index contributed by atoms with van der Waals surface area (Å²) in [4.78, 5) is 13.5. The van der Waals surface area contributed by atoms with Gasteiger partial charge in [0.1, 0.15) is 6.04 Å². The van der Waals surface area contributed by atoms with Gasteiger partial charge in [-0.3, -0.25) is 0 Å². The largest absolute Gasteiger partial charge is 0.462 e. The SMILES string of the molecule is CCOC(=O)C(F)(F)[C@H](N)c1cccc(N2CCOC(C)(C)C2)c1. The van der Waals surface area contributed by atoms with Crippen molar-refractivity contribution >= 4 is 11.7 Å². The molecule has 0 saturated carbocycles. The van der Waals surface area contributed by atoms with Gasteiger partial charge >= 0.3 is 11.9 Å². The molecule has 1 saturated heterocycles. The number of hydrogen-bond acceptors (Lipinski definition) is 5. The van der Waals surface area contributed by atoms with Gasteiger partial charge in [-0.2, -0.15) is 8.78 Å². The Morgan fingerprint density at radius 1 is 1.50 bits per heavy atom. The number of nitrogens with two attached hydrogens (primary N) is 1. The summed E-state index contributed by atoms with van der Waals surface area (Å²) in [5, 5.41) is 0. The molecule has 7 heteroatoms. The third-order valence-corrected chi connectivity index (χ3v) is 3.96. The van der Waals surface area contributed by atoms with Crippen molar-refractivity contribution in [3.8, 4) is 0 Å². The predicted molar refractivity (Wildman–Crippen MR) is 87.2 cm³/mol. The van der Waals surface area contributed by atoms with Crippen LogP contribution in [0.5, 0.6) is 0 Å². The van der Waals surface area contributed by atoms with E-state index in [9.17, 15) is 13.6 Å². The van der Waals surface area contributed by atoms with Crippen LogP contribution in [-0.4, -0.2) is 43.8 Å². The second-order valence-electron chi connectivity index (χ2n) is 6.45. The van der Waals surface area contributed by atoms with Crippen LogP contribution >= 0.6 is 0 Å². The zero-order valence-electron chi connectivity index (χ0n) is 14.2. The van der Waals surface area contributed by atoms with Crippen molar-refractivity contribution in [1.82, 2.24) is 0 Å². The highest BCUT2D eigenvalue weighted by Gasteiger charge is 2.47. The third kappa shape index (κ3) is 4.02. The van der Waals surface area contributed by atoms with E-state index >= 15 is 0 Å². The molecular formula is C17H24F2N2O3. The minimum Gasteiger partial charge on any atom is -0.462 e. The minimum absolute atomic E-state index is 0.121. The molecule has 1 heterocycles. The fourth-order valence-corrected chi connectivity index (χ4v) is 2.72. The summed E-state index contributed by atoms with van der Waals surface area (Å²) >= 11 is 0. The summed E-state index contributed by atoms with van der Waals surface area (Å²) in [7, 11) is 0. The van der Waals surface area contributed by atoms with E-state index < -0.39 is 17.9 Å². The van der Waals surface area contributed by atoms with Crippen molar-refractivity contribution in [2.75, 3.05) is 31.2 Å². The number of carbonyl (C=O) groups is 1. The van der Waals surface area contributed by atoms with E-state index in [-0.39, 0.29) is 17.8 Å². The van der Waals surface area contributed by atoms with Crippen molar-refractivity contribution in [2.24, 2.45) is 5.73 Å². The lowest BCUT2D eigenvalue weighted by molar-refractivity contribution is -0.174. The molecule has 1 aromatic carbocycles. The molecule has 1 atom stereocenters. The molecule has 1 aromatic rings. The second-order valence-corrected chi connectivity index (χ2v) is 6.45. The van der Waals surface area contributed by atoms with E-state index in [1.165, 1.54) is 13.0 Å². The van der Waals surface area contributed by atoms with E-state index in [2.05, 4.69) is 9.64 Å². The predicted octanol–water partition coefficient (Wildman–Crippen LogP) is 2.50. The maximum atomic E-state index is 14.1. The first kappa shape index (κ1) is 18.6. The van der Waals surface area contributed by atoms with Crippen LogP contribution in [0.15, 0.2) is 24.3 Å². The van der Waals surface area contributed by atoms with Crippen LogP contribution in [0.25, 0.3) is 0 Å². The van der Waals surface area contributed by atoms with E-state index in [0.29, 0.717) is 19.7 Å². The highest BCUT2D eigenvalue weighted by Crippen LogP contribution is 2.33. The van der Waals surface area contributed by atoms with Crippen LogP contribution in [0.2, 0.25) is 0 Å². The van der Waals surface area contributed by atoms with Gasteiger partial charge in [-0.25, -0.2) is 4.79 Å². The van der Waals surface area contributed by atoms with E-state index in [4.69, 9.17) is 10.5 Å². The van der Waals surface area contributed by atoms with E-state index in [1.807, 2.05) is 19.9 Å². The molecule has 0 aliphatic carbocycles. The zero-order valence-corrected chi connectivity index (χ0v) is 14.2. The summed E-state index contributed by atoms with van der Waals surface area (Å²) in [6, 6.07) is 4.83. The van der Waals surface area contributed by atoms with Gasteiger partial charge in [0.2, 0.25) is 0 Å². The average molecular weight is 342 g/mol. The van der Waals surface area contributed by atoms with Crippen LogP contribution < -0.4 is 10.6 Å². The maximum absolute atomic E-state index is 14.1. The molecule has 1 fully saturated rings. The van der Waals surface area contributed by atoms with Gasteiger partial charge in [-0.15, -0.1) is 0 Å². The summed E-state index contributed by atoms with van der Waals surface area (Å²) in [5.74, 6) is -5.38. The number of hydrogen-bond donors (Lipinski definition) is 1. The zero-order chi connectivity index (χ0) is 18.0. The first-order chi connectivity index (χ1) is 11.2. The molecule has 0 spiro atoms. The summed E-state index contributed by atoms with van der Waals surface area (Å²) in [5.41, 5.74) is 6.31. The monoisotopic (exact) mass is 342 g/mol. The van der Waals surface area contributed by atoms with Crippen LogP contribution in [0.4, 0.5) is 14.5 Å². The first-order valence-electron chi connectivity index (χ1n) is 7.97. The smallest absolute Gasteiger partial charge is 0.379 e. The molecule has 0 radical (unpaired) electrons. The van der Waals surface area contributed by atoms with E-state index in [0.717, 1.165) is 5.69 Å². The van der Waals surface area contributed by atoms with Crippen molar-refractivity contribution < 1.29 is 23.0 Å². The van der Waals surface area contributed by atoms with Gasteiger partial charge in [0.25, 0.3) is 0 Å². The molecular weight excluding hydrogens is 318 g/mol. The van der Waals surface area contributed by atoms with Crippen molar-refractivity contribution in [3.63, 3.8) is 0 Å². The Kier molecular flexibility index (Phi) is 5.45. The lowest BCUT2D eigenvalue weighted by atomic mass is 10.00. The molecule has 5 nitrogen and oxygen atoms in total. The molecule has 134 valence electrons. The summed E-state index contributed by atoms with van der Waals surface area (Å²) in [6.45, 7) is 7.16. The number of anilines is 1. The number of halogens is 2. The Morgan fingerprint density at radius 2 is 2.21 bits per heavy atom. The molecule has 2 N–H and O–H groups in total. The van der Waals surface area contributed by atoms with Crippen molar-refractivity contribution in [1.29, 1.82) is 0 Å². The highest BCUT2D eigenvalue weighted by molar-refractivity contribution is 5.79. The molecule has 0 bridgehead atoms. The molecule has 2 rings (SSSR count). The number of benzene rings is 1. The van der Waals surface area contributed by atoms with Crippen molar-refractivity contribution in [3.05, 3.63) is 29.8 Å². The van der Waals surface area contributed by atoms with Gasteiger partial charge in [-0.05, 0) is 38.5 Å². The summed E-state index contributed by atoms with van der Waals surface area (Å²) in [6.07, 6.45) is 0. The maximum Gasteiger partial charge on any atom is 0.379 e. The van der Waals surface area contributed by atoms with Gasteiger partial charge in [0, 0.05) is 18.8 Å². The Bertz CT molecular complexity index is 593. The van der Waals surface area contributed by atoms with Gasteiger partial charge < -0.3 is 20.1 Å². The van der Waals surface area contributed by atoms with E-state index in [1.54, 1.807) is 12.1 Å². The summed E-state index contributed by atoms with van der Waals surface area (Å²) < 4.78 is 38.4. The quantitative estimate of drug-likeness (QED) is 0.833. The topological polar surface area (TPSA) is 64.8 Å². The number of carbonyl (C=O) groups excluding carboxylic acids is 1. The second kappa shape index (κ2) is 7.03. The fourth-order valence-electron chi connectivity index (χ4n) is 2.72. The normalized spacial score (nSPS) is 19.0. The Hall–Kier alpha value is -1.73. The number of nitrogens with zero attached hydrogens (tertiary/aromatic N) is 1. The lowest BCUT2D eigenvalue weighted by Crippen LogP contribution is -2.48. The van der Waals surface area contributed by atoms with Gasteiger partial charge in [0.05, 0.1) is 18.8 Å². The number of rotatable bonds is 5. The Labute approximate surface area is 140 Å². The first-order valence-corrected chi connectivity index (χ1v) is 7.97. The number of alkyl halides is 2. The van der Waals surface area contributed by atoms with Crippen molar-refractivity contribution in [2.45, 2.75) is 38.3 Å². The molecule has 1 aliphatic rings. The Morgan fingerprint density at radius 3 is 2.83 bits per heavy atom. The van der Waals surface area contributed by atoms with Gasteiger partial charge in [-0.1, -0.05) is 12.1 Å². The lowest BCUT2D eigenvalue weighted by Gasteiger charge is -2.39. The standard InChI is InChI=1S/C17H24F2N2O3/c1-4-23-15(22)17(18,19)14(20)12-6-5-7-13(10-12)21-8-9-24-16(2,3)11-21/h5-7,10,14H,4,8-9,11,20H2,1-3H3/t14-/m1/s1. The molecule has 0 aromatic heterocycles. The molecule has 0 unspecified atom stereocenters.